The number of hydrogen-bond acceptors (Lipinski definition) is 6. The molecule has 4 rings (SSSR count). The van der Waals surface area contributed by atoms with Crippen LogP contribution in [0.3, 0.4) is 0 Å². The van der Waals surface area contributed by atoms with E-state index in [0.29, 0.717) is 17.0 Å². The Kier molecular flexibility index (Phi) is 4.98. The Morgan fingerprint density at radius 1 is 1.10 bits per heavy atom. The minimum atomic E-state index is -0.385. The maximum Gasteiger partial charge on any atom is 0.150 e. The van der Waals surface area contributed by atoms with Crippen LogP contribution >= 0.6 is 0 Å². The zero-order valence-electron chi connectivity index (χ0n) is 16.5. The maximum absolute atomic E-state index is 14.6. The van der Waals surface area contributed by atoms with Crippen LogP contribution in [0.1, 0.15) is 29.8 Å². The van der Waals surface area contributed by atoms with Crippen LogP contribution in [-0.2, 0) is 0 Å². The molecule has 0 amide bonds. The van der Waals surface area contributed by atoms with Crippen molar-refractivity contribution < 1.29 is 4.39 Å². The second kappa shape index (κ2) is 7.76. The van der Waals surface area contributed by atoms with Crippen LogP contribution in [0.15, 0.2) is 54.9 Å². The summed E-state index contributed by atoms with van der Waals surface area (Å²) in [6.45, 7) is 3.85. The molecule has 1 atom stereocenters. The molecule has 2 heterocycles. The molecule has 0 spiro atoms. The predicted molar refractivity (Wildman–Crippen MR) is 115 cm³/mol. The van der Waals surface area contributed by atoms with Gasteiger partial charge in [0.1, 0.15) is 40.9 Å². The molecule has 2 aromatic heterocycles. The highest BCUT2D eigenvalue weighted by molar-refractivity contribution is 5.90. The van der Waals surface area contributed by atoms with E-state index in [9.17, 15) is 9.65 Å². The van der Waals surface area contributed by atoms with E-state index in [1.165, 1.54) is 12.4 Å². The summed E-state index contributed by atoms with van der Waals surface area (Å²) in [4.78, 5) is 12.7. The molecule has 0 aliphatic carbocycles. The number of anilines is 2. The molecule has 0 aliphatic rings. The molecular weight excluding hydrogens is 379 g/mol. The highest BCUT2D eigenvalue weighted by Crippen LogP contribution is 2.36. The topological polar surface area (TPSA) is 101 Å². The molecule has 0 fully saturated rings. The van der Waals surface area contributed by atoms with Gasteiger partial charge in [-0.1, -0.05) is 42.5 Å². The summed E-state index contributed by atoms with van der Waals surface area (Å²) in [7, 11) is 0. The zero-order chi connectivity index (χ0) is 21.3. The molecule has 4 aromatic rings. The van der Waals surface area contributed by atoms with E-state index in [2.05, 4.69) is 15.3 Å². The lowest BCUT2D eigenvalue weighted by Gasteiger charge is -2.21. The van der Waals surface area contributed by atoms with Crippen molar-refractivity contribution in [3.05, 3.63) is 77.5 Å². The van der Waals surface area contributed by atoms with Gasteiger partial charge in [0.25, 0.3) is 0 Å². The van der Waals surface area contributed by atoms with E-state index < -0.39 is 0 Å². The number of benzene rings is 2. The molecule has 0 bridgehead atoms. The highest BCUT2D eigenvalue weighted by atomic mass is 19.1. The van der Waals surface area contributed by atoms with Crippen LogP contribution in [0.25, 0.3) is 22.0 Å². The first kappa shape index (κ1) is 19.3. The third kappa shape index (κ3) is 3.29. The second-order valence-electron chi connectivity index (χ2n) is 6.96. The van der Waals surface area contributed by atoms with E-state index in [1.54, 1.807) is 6.07 Å². The van der Waals surface area contributed by atoms with Crippen LogP contribution in [0.4, 0.5) is 16.0 Å². The number of nitrogens with zero attached hydrogens (tertiary/aromatic N) is 4. The number of aromatic nitrogens is 3. The molecule has 0 radical (unpaired) electrons. The van der Waals surface area contributed by atoms with Gasteiger partial charge < -0.3 is 11.1 Å². The molecule has 0 aliphatic heterocycles. The molecule has 7 heteroatoms. The highest BCUT2D eigenvalue weighted by Gasteiger charge is 2.21. The fourth-order valence-corrected chi connectivity index (χ4v) is 3.61. The summed E-state index contributed by atoms with van der Waals surface area (Å²) >= 11 is 0. The summed E-state index contributed by atoms with van der Waals surface area (Å²) in [5, 5.41) is 13.4. The molecule has 0 unspecified atom stereocenters. The van der Waals surface area contributed by atoms with E-state index >= 15 is 0 Å². The number of nitrogens with two attached hydrogens (primary N) is 1. The van der Waals surface area contributed by atoms with Crippen molar-refractivity contribution in [3.63, 3.8) is 0 Å². The van der Waals surface area contributed by atoms with E-state index in [4.69, 9.17) is 10.7 Å². The van der Waals surface area contributed by atoms with Gasteiger partial charge in [-0.2, -0.15) is 5.26 Å². The fourth-order valence-electron chi connectivity index (χ4n) is 3.61. The predicted octanol–water partition coefficient (Wildman–Crippen LogP) is 4.77. The third-order valence-electron chi connectivity index (χ3n) is 5.07. The summed E-state index contributed by atoms with van der Waals surface area (Å²) in [5.74, 6) is 0.0245. The monoisotopic (exact) mass is 398 g/mol. The molecule has 148 valence electrons. The van der Waals surface area contributed by atoms with Crippen molar-refractivity contribution in [1.82, 2.24) is 15.0 Å². The number of halogens is 1. The lowest BCUT2D eigenvalue weighted by molar-refractivity contribution is 0.635. The third-order valence-corrected chi connectivity index (χ3v) is 5.07. The fraction of sp³-hybridized carbons (Fsp3) is 0.130. The zero-order valence-corrected chi connectivity index (χ0v) is 16.5. The minimum absolute atomic E-state index is 0.0965. The van der Waals surface area contributed by atoms with Crippen molar-refractivity contribution in [2.75, 3.05) is 11.1 Å². The molecule has 2 aromatic carbocycles. The van der Waals surface area contributed by atoms with Crippen LogP contribution in [0, 0.1) is 24.1 Å². The largest absolute Gasteiger partial charge is 0.382 e. The maximum atomic E-state index is 14.6. The van der Waals surface area contributed by atoms with Gasteiger partial charge in [-0.05, 0) is 31.0 Å². The van der Waals surface area contributed by atoms with E-state index in [-0.39, 0.29) is 23.2 Å². The molecule has 0 saturated carbocycles. The average molecular weight is 398 g/mol. The standard InChI is InChI=1S/C23H19FN6/c1-13-16-9-6-10-18(24)21(16)30-20(19(13)15-7-4-3-5-8-15)14(2)29-23-17(11-25)22(26)27-12-28-23/h3-10,12,14H,1-2H3,(H3,26,27,28,29)/t14-/m0/s1. The molecule has 3 N–H and O–H groups in total. The lowest BCUT2D eigenvalue weighted by Crippen LogP contribution is -2.14. The first-order valence-electron chi connectivity index (χ1n) is 9.42. The normalized spacial score (nSPS) is 11.8. The van der Waals surface area contributed by atoms with Crippen LogP contribution in [0.2, 0.25) is 0 Å². The first-order chi connectivity index (χ1) is 14.5. The van der Waals surface area contributed by atoms with Crippen molar-refractivity contribution >= 4 is 22.5 Å². The number of nitrogen functional groups attached to an aromatic ring is 1. The second-order valence-corrected chi connectivity index (χ2v) is 6.96. The molecule has 30 heavy (non-hydrogen) atoms. The van der Waals surface area contributed by atoms with Gasteiger partial charge in [0.05, 0.1) is 11.7 Å². The van der Waals surface area contributed by atoms with Gasteiger partial charge in [-0.25, -0.2) is 19.3 Å². The summed E-state index contributed by atoms with van der Waals surface area (Å²) in [5.41, 5.74) is 9.74. The van der Waals surface area contributed by atoms with Crippen molar-refractivity contribution in [1.29, 1.82) is 5.26 Å². The number of para-hydroxylation sites is 1. The Balaban J connectivity index is 1.92. The van der Waals surface area contributed by atoms with Gasteiger partial charge in [-0.3, -0.25) is 0 Å². The number of hydrogen-bond donors (Lipinski definition) is 2. The number of pyridine rings is 1. The lowest BCUT2D eigenvalue weighted by atomic mass is 9.93. The van der Waals surface area contributed by atoms with Crippen LogP contribution < -0.4 is 11.1 Å². The smallest absolute Gasteiger partial charge is 0.150 e. The summed E-state index contributed by atoms with van der Waals surface area (Å²) < 4.78 is 14.6. The number of nitriles is 1. The Morgan fingerprint density at radius 3 is 2.60 bits per heavy atom. The minimum Gasteiger partial charge on any atom is -0.382 e. The van der Waals surface area contributed by atoms with Crippen molar-refractivity contribution in [2.45, 2.75) is 19.9 Å². The van der Waals surface area contributed by atoms with Gasteiger partial charge in [-0.15, -0.1) is 0 Å². The molecule has 6 nitrogen and oxygen atoms in total. The summed E-state index contributed by atoms with van der Waals surface area (Å²) in [6, 6.07) is 16.4. The Labute approximate surface area is 173 Å². The van der Waals surface area contributed by atoms with E-state index in [1.807, 2.05) is 56.3 Å². The van der Waals surface area contributed by atoms with Gasteiger partial charge >= 0.3 is 0 Å². The Bertz CT molecular complexity index is 1280. The molecular formula is C23H19FN6. The first-order valence-corrected chi connectivity index (χ1v) is 9.42. The Morgan fingerprint density at radius 2 is 1.87 bits per heavy atom. The van der Waals surface area contributed by atoms with Crippen molar-refractivity contribution in [2.24, 2.45) is 0 Å². The van der Waals surface area contributed by atoms with Gasteiger partial charge in [0.2, 0.25) is 0 Å². The SMILES string of the molecule is Cc1c(-c2ccccc2)c([C@H](C)Nc2ncnc(N)c2C#N)nc2c(F)cccc12. The summed E-state index contributed by atoms with van der Waals surface area (Å²) in [6.07, 6.45) is 1.29. The van der Waals surface area contributed by atoms with Gasteiger partial charge in [0, 0.05) is 10.9 Å². The quantitative estimate of drug-likeness (QED) is 0.514. The molecule has 0 saturated heterocycles. The number of fused-ring (bicyclic) bond motifs is 1. The van der Waals surface area contributed by atoms with Crippen LogP contribution in [-0.4, -0.2) is 15.0 Å². The van der Waals surface area contributed by atoms with Gasteiger partial charge in [0.15, 0.2) is 0 Å². The van der Waals surface area contributed by atoms with E-state index in [0.717, 1.165) is 22.1 Å². The number of nitrogens with one attached hydrogen (secondary N) is 1. The Hall–Kier alpha value is -4.05. The van der Waals surface area contributed by atoms with Crippen LogP contribution in [0.5, 0.6) is 0 Å². The van der Waals surface area contributed by atoms with Crippen molar-refractivity contribution in [3.8, 4) is 17.2 Å². The number of rotatable bonds is 4. The number of aryl methyl sites for hydroxylation is 1. The average Bonchev–Trinajstić information content (AvgIpc) is 2.75.